The molecular weight excluding hydrogens is 336 g/mol. The van der Waals surface area contributed by atoms with Crippen LogP contribution in [-0.2, 0) is 18.3 Å². The van der Waals surface area contributed by atoms with Crippen molar-refractivity contribution in [1.29, 1.82) is 0 Å². The van der Waals surface area contributed by atoms with Gasteiger partial charge in [-0.15, -0.1) is 0 Å². The van der Waals surface area contributed by atoms with Crippen molar-refractivity contribution in [3.05, 3.63) is 39.4 Å². The molecule has 0 unspecified atom stereocenters. The van der Waals surface area contributed by atoms with E-state index in [-0.39, 0.29) is 5.41 Å². The SMILES string of the molecule is CCCCc1cc2c(Br)cc(C(C)(C)C)cc2c2c1CCO2. The molecule has 0 saturated carbocycles. The Morgan fingerprint density at radius 1 is 1.14 bits per heavy atom. The molecule has 2 heteroatoms. The molecule has 1 heterocycles. The van der Waals surface area contributed by atoms with E-state index in [1.165, 1.54) is 44.8 Å². The molecule has 0 fully saturated rings. The molecular formula is C20H25BrO. The molecule has 0 radical (unpaired) electrons. The lowest BCUT2D eigenvalue weighted by atomic mass is 9.85. The van der Waals surface area contributed by atoms with Crippen LogP contribution in [0.5, 0.6) is 5.75 Å². The Morgan fingerprint density at radius 2 is 1.91 bits per heavy atom. The van der Waals surface area contributed by atoms with Crippen LogP contribution in [0.25, 0.3) is 10.8 Å². The largest absolute Gasteiger partial charge is 0.492 e. The van der Waals surface area contributed by atoms with Gasteiger partial charge in [-0.1, -0.05) is 50.0 Å². The number of benzene rings is 2. The predicted octanol–water partition coefficient (Wildman–Crippen LogP) is 6.18. The van der Waals surface area contributed by atoms with Crippen molar-refractivity contribution < 1.29 is 4.74 Å². The molecule has 0 amide bonds. The fraction of sp³-hybridized carbons (Fsp3) is 0.500. The molecule has 2 aromatic rings. The summed E-state index contributed by atoms with van der Waals surface area (Å²) in [5.41, 5.74) is 4.42. The third-order valence-corrected chi connectivity index (χ3v) is 5.27. The van der Waals surface area contributed by atoms with Crippen LogP contribution >= 0.6 is 15.9 Å². The molecule has 22 heavy (non-hydrogen) atoms. The Morgan fingerprint density at radius 3 is 2.59 bits per heavy atom. The maximum atomic E-state index is 6.03. The second-order valence-electron chi connectivity index (χ2n) is 7.35. The molecule has 0 saturated heterocycles. The smallest absolute Gasteiger partial charge is 0.130 e. The maximum absolute atomic E-state index is 6.03. The molecule has 0 aliphatic carbocycles. The molecule has 3 rings (SSSR count). The van der Waals surface area contributed by atoms with E-state index in [1.54, 1.807) is 0 Å². The van der Waals surface area contributed by atoms with Gasteiger partial charge in [-0.25, -0.2) is 0 Å². The molecule has 1 nitrogen and oxygen atoms in total. The fourth-order valence-electron chi connectivity index (χ4n) is 3.24. The number of rotatable bonds is 3. The van der Waals surface area contributed by atoms with Crippen LogP contribution in [0.15, 0.2) is 22.7 Å². The highest BCUT2D eigenvalue weighted by molar-refractivity contribution is 9.10. The van der Waals surface area contributed by atoms with E-state index < -0.39 is 0 Å². The summed E-state index contributed by atoms with van der Waals surface area (Å²) in [6.45, 7) is 9.86. The normalized spacial score (nSPS) is 14.2. The number of hydrogen-bond acceptors (Lipinski definition) is 1. The first-order chi connectivity index (χ1) is 10.4. The quantitative estimate of drug-likeness (QED) is 0.635. The second kappa shape index (κ2) is 5.88. The topological polar surface area (TPSA) is 9.23 Å². The van der Waals surface area contributed by atoms with Gasteiger partial charge in [-0.3, -0.25) is 0 Å². The van der Waals surface area contributed by atoms with Crippen LogP contribution in [0.2, 0.25) is 0 Å². The number of halogens is 1. The number of ether oxygens (including phenoxy) is 1. The van der Waals surface area contributed by atoms with Crippen molar-refractivity contribution in [2.45, 2.75) is 58.8 Å². The molecule has 118 valence electrons. The van der Waals surface area contributed by atoms with Gasteiger partial charge in [0.1, 0.15) is 5.75 Å². The maximum Gasteiger partial charge on any atom is 0.130 e. The summed E-state index contributed by atoms with van der Waals surface area (Å²) < 4.78 is 7.22. The molecule has 0 atom stereocenters. The first kappa shape index (κ1) is 15.9. The van der Waals surface area contributed by atoms with Gasteiger partial charge in [0.05, 0.1) is 6.61 Å². The first-order valence-corrected chi connectivity index (χ1v) is 9.12. The van der Waals surface area contributed by atoms with Gasteiger partial charge in [-0.05, 0) is 53.0 Å². The standard InChI is InChI=1S/C20H25BrO/c1-5-6-7-13-10-16-17(19-15(13)8-9-22-19)11-14(12-18(16)21)20(2,3)4/h10-12H,5-9H2,1-4H3. The summed E-state index contributed by atoms with van der Waals surface area (Å²) in [5, 5.41) is 2.56. The van der Waals surface area contributed by atoms with Crippen LogP contribution < -0.4 is 4.74 Å². The van der Waals surface area contributed by atoms with Crippen molar-refractivity contribution in [3.63, 3.8) is 0 Å². The summed E-state index contributed by atoms with van der Waals surface area (Å²) in [4.78, 5) is 0. The lowest BCUT2D eigenvalue weighted by Crippen LogP contribution is -2.11. The Bertz CT molecular complexity index is 710. The van der Waals surface area contributed by atoms with Crippen LogP contribution in [0.4, 0.5) is 0 Å². The van der Waals surface area contributed by atoms with E-state index in [9.17, 15) is 0 Å². The van der Waals surface area contributed by atoms with Gasteiger partial charge in [0, 0.05) is 21.8 Å². The van der Waals surface area contributed by atoms with Crippen molar-refractivity contribution >= 4 is 26.7 Å². The fourth-order valence-corrected chi connectivity index (χ4v) is 3.81. The summed E-state index contributed by atoms with van der Waals surface area (Å²) in [5.74, 6) is 1.13. The van der Waals surface area contributed by atoms with Gasteiger partial charge in [-0.2, -0.15) is 0 Å². The molecule has 0 aromatic heterocycles. The zero-order chi connectivity index (χ0) is 15.9. The predicted molar refractivity (Wildman–Crippen MR) is 98.2 cm³/mol. The van der Waals surface area contributed by atoms with Crippen LogP contribution in [0, 0.1) is 0 Å². The van der Waals surface area contributed by atoms with E-state index in [0.29, 0.717) is 0 Å². The lowest BCUT2D eigenvalue weighted by Gasteiger charge is -2.21. The minimum absolute atomic E-state index is 0.142. The van der Waals surface area contributed by atoms with E-state index in [2.05, 4.69) is 61.8 Å². The number of aryl methyl sites for hydroxylation is 1. The number of hydrogen-bond donors (Lipinski definition) is 0. The van der Waals surface area contributed by atoms with E-state index >= 15 is 0 Å². The third-order valence-electron chi connectivity index (χ3n) is 4.62. The Balaban J connectivity index is 2.24. The van der Waals surface area contributed by atoms with Crippen LogP contribution in [-0.4, -0.2) is 6.61 Å². The minimum Gasteiger partial charge on any atom is -0.492 e. The Kier molecular flexibility index (Phi) is 4.24. The highest BCUT2D eigenvalue weighted by Crippen LogP contribution is 2.42. The second-order valence-corrected chi connectivity index (χ2v) is 8.20. The first-order valence-electron chi connectivity index (χ1n) is 8.33. The third kappa shape index (κ3) is 2.78. The van der Waals surface area contributed by atoms with Crippen LogP contribution in [0.1, 0.15) is 57.2 Å². The molecule has 1 aliphatic heterocycles. The van der Waals surface area contributed by atoms with Gasteiger partial charge < -0.3 is 4.74 Å². The van der Waals surface area contributed by atoms with E-state index in [1.807, 2.05) is 0 Å². The zero-order valence-electron chi connectivity index (χ0n) is 14.1. The van der Waals surface area contributed by atoms with Crippen molar-refractivity contribution in [3.8, 4) is 5.75 Å². The van der Waals surface area contributed by atoms with Gasteiger partial charge >= 0.3 is 0 Å². The summed E-state index contributed by atoms with van der Waals surface area (Å²) >= 11 is 3.80. The summed E-state index contributed by atoms with van der Waals surface area (Å²) in [6.07, 6.45) is 4.70. The van der Waals surface area contributed by atoms with Gasteiger partial charge in [0.2, 0.25) is 0 Å². The molecule has 0 N–H and O–H groups in total. The average molecular weight is 361 g/mol. The van der Waals surface area contributed by atoms with E-state index in [4.69, 9.17) is 4.74 Å². The Hall–Kier alpha value is -1.02. The lowest BCUT2D eigenvalue weighted by molar-refractivity contribution is 0.360. The molecule has 1 aliphatic rings. The molecule has 0 spiro atoms. The monoisotopic (exact) mass is 360 g/mol. The minimum atomic E-state index is 0.142. The van der Waals surface area contributed by atoms with Crippen LogP contribution in [0.3, 0.4) is 0 Å². The highest BCUT2D eigenvalue weighted by atomic mass is 79.9. The van der Waals surface area contributed by atoms with Gasteiger partial charge in [0.15, 0.2) is 0 Å². The van der Waals surface area contributed by atoms with E-state index in [0.717, 1.165) is 25.2 Å². The highest BCUT2D eigenvalue weighted by Gasteiger charge is 2.23. The Labute approximate surface area is 142 Å². The number of unbranched alkanes of at least 4 members (excludes halogenated alkanes) is 1. The average Bonchev–Trinajstić information content (AvgIpc) is 2.94. The molecule has 0 bridgehead atoms. The van der Waals surface area contributed by atoms with Gasteiger partial charge in [0.25, 0.3) is 0 Å². The summed E-state index contributed by atoms with van der Waals surface area (Å²) in [7, 11) is 0. The molecule has 2 aromatic carbocycles. The van der Waals surface area contributed by atoms with Crippen molar-refractivity contribution in [1.82, 2.24) is 0 Å². The zero-order valence-corrected chi connectivity index (χ0v) is 15.6. The van der Waals surface area contributed by atoms with Crippen molar-refractivity contribution in [2.75, 3.05) is 6.61 Å². The number of fused-ring (bicyclic) bond motifs is 3. The summed E-state index contributed by atoms with van der Waals surface area (Å²) in [6, 6.07) is 6.98. The van der Waals surface area contributed by atoms with Crippen molar-refractivity contribution in [2.24, 2.45) is 0 Å².